The molecule has 1 heterocycles. The van der Waals surface area contributed by atoms with Gasteiger partial charge in [0.2, 0.25) is 5.91 Å². The zero-order chi connectivity index (χ0) is 20.1. The largest absolute Gasteiger partial charge is 0.326 e. The van der Waals surface area contributed by atoms with Gasteiger partial charge >= 0.3 is 0 Å². The lowest BCUT2D eigenvalue weighted by Crippen LogP contribution is -2.29. The van der Waals surface area contributed by atoms with E-state index >= 15 is 0 Å². The monoisotopic (exact) mass is 434 g/mol. The first-order valence-electron chi connectivity index (χ1n) is 8.49. The molecule has 0 atom stereocenters. The van der Waals surface area contributed by atoms with Gasteiger partial charge in [-0.3, -0.25) is 14.5 Å². The number of rotatable bonds is 6. The minimum absolute atomic E-state index is 0.158. The summed E-state index contributed by atoms with van der Waals surface area (Å²) in [5.74, 6) is -0.822. The van der Waals surface area contributed by atoms with Gasteiger partial charge in [0.05, 0.1) is 4.91 Å². The number of carbonyl (C=O) groups is 2. The van der Waals surface area contributed by atoms with Crippen molar-refractivity contribution in [2.75, 3.05) is 11.9 Å². The number of hydrogen-bond donors (Lipinski definition) is 1. The zero-order valence-corrected chi connectivity index (χ0v) is 17.0. The number of thiocarbonyl (C=S) groups is 1. The van der Waals surface area contributed by atoms with Crippen LogP contribution in [0.15, 0.2) is 53.4 Å². The van der Waals surface area contributed by atoms with Gasteiger partial charge in [-0.2, -0.15) is 0 Å². The smallest absolute Gasteiger partial charge is 0.266 e. The van der Waals surface area contributed by atoms with Crippen LogP contribution in [0, 0.1) is 5.82 Å². The highest BCUT2D eigenvalue weighted by molar-refractivity contribution is 8.26. The van der Waals surface area contributed by atoms with Crippen molar-refractivity contribution in [1.29, 1.82) is 0 Å². The van der Waals surface area contributed by atoms with Crippen LogP contribution in [-0.4, -0.2) is 27.6 Å². The number of halogens is 2. The van der Waals surface area contributed by atoms with E-state index in [1.807, 2.05) is 0 Å². The number of thioether (sulfide) groups is 1. The fourth-order valence-corrected chi connectivity index (χ4v) is 4.01. The van der Waals surface area contributed by atoms with Gasteiger partial charge in [0, 0.05) is 29.2 Å². The fraction of sp³-hybridized carbons (Fsp3) is 0.150. The quantitative estimate of drug-likeness (QED) is 0.507. The summed E-state index contributed by atoms with van der Waals surface area (Å²) in [6.07, 6.45) is 2.20. The van der Waals surface area contributed by atoms with E-state index in [4.69, 9.17) is 23.8 Å². The van der Waals surface area contributed by atoms with Crippen LogP contribution in [0.3, 0.4) is 0 Å². The Morgan fingerprint density at radius 2 is 1.93 bits per heavy atom. The van der Waals surface area contributed by atoms with Gasteiger partial charge in [-0.1, -0.05) is 53.8 Å². The predicted octanol–water partition coefficient (Wildman–Crippen LogP) is 5.10. The van der Waals surface area contributed by atoms with Crippen LogP contribution in [0.25, 0.3) is 6.08 Å². The fourth-order valence-electron chi connectivity index (χ4n) is 2.58. The number of hydrogen-bond acceptors (Lipinski definition) is 4. The van der Waals surface area contributed by atoms with Crippen LogP contribution in [0.4, 0.5) is 10.1 Å². The van der Waals surface area contributed by atoms with E-state index in [-0.39, 0.29) is 18.2 Å². The summed E-state index contributed by atoms with van der Waals surface area (Å²) in [6.45, 7) is 0.327. The molecule has 0 radical (unpaired) electrons. The van der Waals surface area contributed by atoms with Crippen LogP contribution in [-0.2, 0) is 9.59 Å². The molecule has 8 heteroatoms. The molecule has 1 aliphatic heterocycles. The predicted molar refractivity (Wildman–Crippen MR) is 116 cm³/mol. The average Bonchev–Trinajstić information content (AvgIpc) is 2.93. The maximum atomic E-state index is 13.8. The number of nitrogens with zero attached hydrogens (tertiary/aromatic N) is 1. The lowest BCUT2D eigenvalue weighted by molar-refractivity contribution is -0.122. The van der Waals surface area contributed by atoms with Crippen molar-refractivity contribution in [3.8, 4) is 0 Å². The Balaban J connectivity index is 1.54. The molecule has 0 unspecified atom stereocenters. The summed E-state index contributed by atoms with van der Waals surface area (Å²) in [5.41, 5.74) is 0.998. The Kier molecular flexibility index (Phi) is 6.83. The first-order valence-corrected chi connectivity index (χ1v) is 10.1. The minimum atomic E-state index is -0.397. The second-order valence-electron chi connectivity index (χ2n) is 6.01. The van der Waals surface area contributed by atoms with Gasteiger partial charge < -0.3 is 5.32 Å². The first kappa shape index (κ1) is 20.5. The van der Waals surface area contributed by atoms with E-state index in [2.05, 4.69) is 5.32 Å². The van der Waals surface area contributed by atoms with Crippen molar-refractivity contribution < 1.29 is 14.0 Å². The summed E-state index contributed by atoms with van der Waals surface area (Å²) in [5, 5.41) is 3.37. The van der Waals surface area contributed by atoms with E-state index in [0.717, 1.165) is 11.8 Å². The van der Waals surface area contributed by atoms with Crippen molar-refractivity contribution in [3.63, 3.8) is 0 Å². The number of anilines is 1. The van der Waals surface area contributed by atoms with Crippen molar-refractivity contribution in [3.05, 3.63) is 69.8 Å². The van der Waals surface area contributed by atoms with Gasteiger partial charge in [-0.15, -0.1) is 0 Å². The van der Waals surface area contributed by atoms with Gasteiger partial charge in [0.15, 0.2) is 0 Å². The topological polar surface area (TPSA) is 49.4 Å². The average molecular weight is 435 g/mol. The van der Waals surface area contributed by atoms with E-state index < -0.39 is 5.82 Å². The highest BCUT2D eigenvalue weighted by Crippen LogP contribution is 2.33. The first-order chi connectivity index (χ1) is 13.4. The van der Waals surface area contributed by atoms with Gasteiger partial charge in [-0.25, -0.2) is 4.39 Å². The molecule has 28 heavy (non-hydrogen) atoms. The highest BCUT2D eigenvalue weighted by Gasteiger charge is 2.31. The molecular formula is C20H16ClFN2O2S2. The number of benzene rings is 2. The third-order valence-corrected chi connectivity index (χ3v) is 5.61. The summed E-state index contributed by atoms with van der Waals surface area (Å²) < 4.78 is 14.2. The third kappa shape index (κ3) is 5.19. The molecule has 2 aromatic carbocycles. The van der Waals surface area contributed by atoms with E-state index in [1.54, 1.807) is 42.5 Å². The molecule has 0 aliphatic carbocycles. The maximum absolute atomic E-state index is 13.8. The Labute approximate surface area is 176 Å². The van der Waals surface area contributed by atoms with Crippen molar-refractivity contribution in [1.82, 2.24) is 4.90 Å². The molecule has 0 aromatic heterocycles. The van der Waals surface area contributed by atoms with Gasteiger partial charge in [0.25, 0.3) is 5.91 Å². The normalized spacial score (nSPS) is 15.4. The van der Waals surface area contributed by atoms with Crippen LogP contribution in [0.2, 0.25) is 5.02 Å². The van der Waals surface area contributed by atoms with Crippen LogP contribution in [0.5, 0.6) is 0 Å². The van der Waals surface area contributed by atoms with Gasteiger partial charge in [-0.05, 0) is 42.8 Å². The minimum Gasteiger partial charge on any atom is -0.326 e. The second-order valence-corrected chi connectivity index (χ2v) is 8.13. The molecule has 1 aliphatic rings. The second kappa shape index (κ2) is 9.32. The van der Waals surface area contributed by atoms with Crippen LogP contribution >= 0.6 is 35.6 Å². The summed E-state index contributed by atoms with van der Waals surface area (Å²) in [7, 11) is 0. The summed E-state index contributed by atoms with van der Waals surface area (Å²) >= 11 is 12.2. The molecule has 1 fully saturated rings. The third-order valence-electron chi connectivity index (χ3n) is 3.98. The maximum Gasteiger partial charge on any atom is 0.266 e. The Morgan fingerprint density at radius 3 is 2.64 bits per heavy atom. The molecular weight excluding hydrogens is 419 g/mol. The molecule has 0 spiro atoms. The number of carbonyl (C=O) groups excluding carboxylic acids is 2. The molecule has 2 amide bonds. The zero-order valence-electron chi connectivity index (χ0n) is 14.7. The van der Waals surface area contributed by atoms with E-state index in [9.17, 15) is 14.0 Å². The number of nitrogens with one attached hydrogen (secondary N) is 1. The summed E-state index contributed by atoms with van der Waals surface area (Å²) in [4.78, 5) is 26.4. The molecule has 2 aromatic rings. The lowest BCUT2D eigenvalue weighted by Gasteiger charge is -2.14. The highest BCUT2D eigenvalue weighted by atomic mass is 35.5. The SMILES string of the molecule is O=C(CCCN1C(=O)/C(=C/c2ccccc2F)SC1=S)Nc1ccc(Cl)cc1. The van der Waals surface area contributed by atoms with Crippen LogP contribution < -0.4 is 5.32 Å². The summed E-state index contributed by atoms with van der Waals surface area (Å²) in [6, 6.07) is 13.1. The number of amides is 2. The molecule has 1 N–H and O–H groups in total. The van der Waals surface area contributed by atoms with Crippen molar-refractivity contribution >= 4 is 63.5 Å². The molecule has 3 rings (SSSR count). The van der Waals surface area contributed by atoms with E-state index in [0.29, 0.717) is 38.5 Å². The van der Waals surface area contributed by atoms with E-state index in [1.165, 1.54) is 17.0 Å². The Bertz CT molecular complexity index is 947. The Morgan fingerprint density at radius 1 is 1.21 bits per heavy atom. The molecule has 144 valence electrons. The lowest BCUT2D eigenvalue weighted by atomic mass is 10.2. The van der Waals surface area contributed by atoms with Crippen molar-refractivity contribution in [2.45, 2.75) is 12.8 Å². The molecule has 0 saturated carbocycles. The van der Waals surface area contributed by atoms with Crippen LogP contribution in [0.1, 0.15) is 18.4 Å². The van der Waals surface area contributed by atoms with Gasteiger partial charge in [0.1, 0.15) is 10.1 Å². The van der Waals surface area contributed by atoms with Crippen molar-refractivity contribution in [2.24, 2.45) is 0 Å². The molecule has 0 bridgehead atoms. The molecule has 1 saturated heterocycles. The Hall–Kier alpha value is -2.22. The molecule has 4 nitrogen and oxygen atoms in total. The standard InChI is InChI=1S/C20H16ClFN2O2S2/c21-14-7-9-15(10-8-14)23-18(25)6-3-11-24-19(26)17(28-20(24)27)12-13-4-1-2-5-16(13)22/h1-2,4-5,7-10,12H,3,6,11H2,(H,23,25)/b17-12-.